The van der Waals surface area contributed by atoms with Crippen LogP contribution in [0.1, 0.15) is 12.5 Å². The first kappa shape index (κ1) is 17.1. The van der Waals surface area contributed by atoms with Crippen LogP contribution in [0.15, 0.2) is 53.7 Å². The Kier molecular flexibility index (Phi) is 5.08. The lowest BCUT2D eigenvalue weighted by molar-refractivity contribution is -0.115. The van der Waals surface area contributed by atoms with Crippen LogP contribution < -0.4 is 5.32 Å². The standard InChI is InChI=1S/C17H16FN5OS/c1-11-4-3-5-15(10-11)23-17(20-21-22-23)25-12(2)16(24)19-14-8-6-13(18)7-9-14/h3-10,12H,1-2H3,(H,19,24)/t12-/m0/s1. The minimum Gasteiger partial charge on any atom is -0.325 e. The Hall–Kier alpha value is -2.74. The zero-order valence-electron chi connectivity index (χ0n) is 13.7. The van der Waals surface area contributed by atoms with Crippen LogP contribution in [0.5, 0.6) is 0 Å². The minimum absolute atomic E-state index is 0.213. The fourth-order valence-corrected chi connectivity index (χ4v) is 2.97. The van der Waals surface area contributed by atoms with Crippen LogP contribution in [-0.4, -0.2) is 31.4 Å². The van der Waals surface area contributed by atoms with Gasteiger partial charge in [0.1, 0.15) is 5.82 Å². The molecule has 0 aliphatic rings. The molecule has 1 heterocycles. The van der Waals surface area contributed by atoms with Crippen molar-refractivity contribution < 1.29 is 9.18 Å². The highest BCUT2D eigenvalue weighted by atomic mass is 32.2. The van der Waals surface area contributed by atoms with E-state index >= 15 is 0 Å². The fraction of sp³-hybridized carbons (Fsp3) is 0.176. The molecule has 1 aromatic heterocycles. The van der Waals surface area contributed by atoms with Gasteiger partial charge in [0.15, 0.2) is 0 Å². The number of anilines is 1. The Balaban J connectivity index is 1.71. The summed E-state index contributed by atoms with van der Waals surface area (Å²) in [5.41, 5.74) is 2.46. The highest BCUT2D eigenvalue weighted by molar-refractivity contribution is 8.00. The van der Waals surface area contributed by atoms with Crippen LogP contribution in [-0.2, 0) is 4.79 Å². The number of hydrogen-bond acceptors (Lipinski definition) is 5. The number of halogens is 1. The van der Waals surface area contributed by atoms with Crippen LogP contribution in [0.25, 0.3) is 5.69 Å². The second kappa shape index (κ2) is 7.43. The second-order valence-corrected chi connectivity index (χ2v) is 6.78. The molecule has 0 fully saturated rings. The van der Waals surface area contributed by atoms with E-state index in [2.05, 4.69) is 20.8 Å². The van der Waals surface area contributed by atoms with Gasteiger partial charge in [-0.15, -0.1) is 5.10 Å². The van der Waals surface area contributed by atoms with Crippen LogP contribution in [0.3, 0.4) is 0 Å². The third kappa shape index (κ3) is 4.21. The lowest BCUT2D eigenvalue weighted by atomic mass is 10.2. The zero-order chi connectivity index (χ0) is 17.8. The third-order valence-corrected chi connectivity index (χ3v) is 4.48. The van der Waals surface area contributed by atoms with E-state index in [1.807, 2.05) is 31.2 Å². The topological polar surface area (TPSA) is 72.7 Å². The monoisotopic (exact) mass is 357 g/mol. The van der Waals surface area contributed by atoms with Gasteiger partial charge in [0.2, 0.25) is 11.1 Å². The molecule has 1 N–H and O–H groups in total. The van der Waals surface area contributed by atoms with E-state index in [0.29, 0.717) is 10.8 Å². The predicted molar refractivity (Wildman–Crippen MR) is 94.2 cm³/mol. The SMILES string of the molecule is Cc1cccc(-n2nnnc2S[C@@H](C)C(=O)Nc2ccc(F)cc2)c1. The number of tetrazole rings is 1. The van der Waals surface area contributed by atoms with E-state index in [-0.39, 0.29) is 11.7 Å². The van der Waals surface area contributed by atoms with Gasteiger partial charge in [0.25, 0.3) is 0 Å². The van der Waals surface area contributed by atoms with Crippen molar-refractivity contribution >= 4 is 23.4 Å². The average molecular weight is 357 g/mol. The number of thioether (sulfide) groups is 1. The molecule has 0 saturated heterocycles. The maximum absolute atomic E-state index is 12.9. The van der Waals surface area contributed by atoms with Gasteiger partial charge in [-0.05, 0) is 66.2 Å². The maximum Gasteiger partial charge on any atom is 0.237 e. The molecule has 128 valence electrons. The average Bonchev–Trinajstić information content (AvgIpc) is 3.05. The quantitative estimate of drug-likeness (QED) is 0.710. The van der Waals surface area contributed by atoms with Gasteiger partial charge >= 0.3 is 0 Å². The summed E-state index contributed by atoms with van der Waals surface area (Å²) in [6.45, 7) is 3.75. The number of hydrogen-bond donors (Lipinski definition) is 1. The lowest BCUT2D eigenvalue weighted by Gasteiger charge is -2.12. The molecule has 25 heavy (non-hydrogen) atoms. The van der Waals surface area contributed by atoms with Crippen molar-refractivity contribution in [3.05, 3.63) is 59.9 Å². The first-order valence-electron chi connectivity index (χ1n) is 7.61. The van der Waals surface area contributed by atoms with Crippen molar-refractivity contribution in [3.63, 3.8) is 0 Å². The van der Waals surface area contributed by atoms with Crippen LogP contribution in [0.4, 0.5) is 10.1 Å². The Morgan fingerprint density at radius 2 is 2.00 bits per heavy atom. The van der Waals surface area contributed by atoms with Crippen LogP contribution in [0, 0.1) is 12.7 Å². The van der Waals surface area contributed by atoms with Crippen molar-refractivity contribution in [2.75, 3.05) is 5.32 Å². The summed E-state index contributed by atoms with van der Waals surface area (Å²) in [5, 5.41) is 14.5. The normalized spacial score (nSPS) is 12.0. The van der Waals surface area contributed by atoms with Gasteiger partial charge in [-0.3, -0.25) is 4.79 Å². The maximum atomic E-state index is 12.9. The van der Waals surface area contributed by atoms with Gasteiger partial charge in [-0.2, -0.15) is 4.68 Å². The molecule has 2 aromatic carbocycles. The van der Waals surface area contributed by atoms with Gasteiger partial charge in [-0.25, -0.2) is 4.39 Å². The van der Waals surface area contributed by atoms with E-state index in [1.54, 1.807) is 11.6 Å². The predicted octanol–water partition coefficient (Wildman–Crippen LogP) is 3.23. The molecule has 0 bridgehead atoms. The number of carbonyl (C=O) groups is 1. The fourth-order valence-electron chi connectivity index (χ4n) is 2.16. The van der Waals surface area contributed by atoms with Crippen LogP contribution >= 0.6 is 11.8 Å². The largest absolute Gasteiger partial charge is 0.325 e. The minimum atomic E-state index is -0.431. The first-order valence-corrected chi connectivity index (χ1v) is 8.49. The lowest BCUT2D eigenvalue weighted by Crippen LogP contribution is -2.22. The summed E-state index contributed by atoms with van der Waals surface area (Å²) < 4.78 is 14.5. The molecule has 1 atom stereocenters. The van der Waals surface area contributed by atoms with E-state index < -0.39 is 5.25 Å². The molecule has 0 spiro atoms. The molecule has 0 unspecified atom stereocenters. The van der Waals surface area contributed by atoms with Crippen molar-refractivity contribution in [3.8, 4) is 5.69 Å². The Labute approximate surface area is 148 Å². The molecule has 0 saturated carbocycles. The number of nitrogens with zero attached hydrogens (tertiary/aromatic N) is 4. The van der Waals surface area contributed by atoms with Gasteiger partial charge in [0, 0.05) is 5.69 Å². The summed E-state index contributed by atoms with van der Waals surface area (Å²) in [6, 6.07) is 13.4. The Bertz CT molecular complexity index is 881. The van der Waals surface area contributed by atoms with Crippen LogP contribution in [0.2, 0.25) is 0 Å². The van der Waals surface area contributed by atoms with Gasteiger partial charge in [0.05, 0.1) is 10.9 Å². The molecule has 0 aliphatic carbocycles. The van der Waals surface area contributed by atoms with Gasteiger partial charge < -0.3 is 5.32 Å². The zero-order valence-corrected chi connectivity index (χ0v) is 14.5. The molecular weight excluding hydrogens is 341 g/mol. The van der Waals surface area contributed by atoms with E-state index in [9.17, 15) is 9.18 Å². The molecule has 6 nitrogen and oxygen atoms in total. The smallest absolute Gasteiger partial charge is 0.237 e. The third-order valence-electron chi connectivity index (χ3n) is 3.45. The molecule has 1 amide bonds. The summed E-state index contributed by atoms with van der Waals surface area (Å²) in [6.07, 6.45) is 0. The number of benzene rings is 2. The molecule has 0 aliphatic heterocycles. The highest BCUT2D eigenvalue weighted by Crippen LogP contribution is 2.24. The number of amides is 1. The summed E-state index contributed by atoms with van der Waals surface area (Å²) in [7, 11) is 0. The summed E-state index contributed by atoms with van der Waals surface area (Å²) >= 11 is 1.25. The van der Waals surface area contributed by atoms with E-state index in [0.717, 1.165) is 11.3 Å². The summed E-state index contributed by atoms with van der Waals surface area (Å²) in [4.78, 5) is 12.3. The van der Waals surface area contributed by atoms with Crippen molar-refractivity contribution in [2.24, 2.45) is 0 Å². The number of aromatic nitrogens is 4. The number of aryl methyl sites for hydroxylation is 1. The number of carbonyl (C=O) groups excluding carboxylic acids is 1. The van der Waals surface area contributed by atoms with Crippen molar-refractivity contribution in [1.29, 1.82) is 0 Å². The molecule has 3 rings (SSSR count). The molecule has 0 radical (unpaired) electrons. The molecule has 8 heteroatoms. The second-order valence-electron chi connectivity index (χ2n) is 5.47. The molecular formula is C17H16FN5OS. The van der Waals surface area contributed by atoms with E-state index in [4.69, 9.17) is 0 Å². The van der Waals surface area contributed by atoms with Crippen molar-refractivity contribution in [1.82, 2.24) is 20.2 Å². The highest BCUT2D eigenvalue weighted by Gasteiger charge is 2.19. The van der Waals surface area contributed by atoms with E-state index in [1.165, 1.54) is 36.0 Å². The van der Waals surface area contributed by atoms with Crippen molar-refractivity contribution in [2.45, 2.75) is 24.3 Å². The molecule has 3 aromatic rings. The number of rotatable bonds is 5. The summed E-state index contributed by atoms with van der Waals surface area (Å²) in [5.74, 6) is -0.562. The Morgan fingerprint density at radius 1 is 1.24 bits per heavy atom. The van der Waals surface area contributed by atoms with Gasteiger partial charge in [-0.1, -0.05) is 23.9 Å². The number of nitrogens with one attached hydrogen (secondary N) is 1. The first-order chi connectivity index (χ1) is 12.0. The Morgan fingerprint density at radius 3 is 2.72 bits per heavy atom.